The maximum Gasteiger partial charge on any atom is 0.321 e. The van der Waals surface area contributed by atoms with Crippen molar-refractivity contribution in [3.63, 3.8) is 0 Å². The smallest absolute Gasteiger partial charge is 0.321 e. The molecule has 158 valence electrons. The Bertz CT molecular complexity index is 778. The number of piperidine rings is 1. The Morgan fingerprint density at radius 3 is 2.76 bits per heavy atom. The number of carbonyl (C=O) groups is 1. The number of nitrogens with one attached hydrogen (secondary N) is 1. The van der Waals surface area contributed by atoms with Crippen molar-refractivity contribution in [2.45, 2.75) is 25.8 Å². The Hall–Kier alpha value is -2.04. The maximum absolute atomic E-state index is 13.2. The summed E-state index contributed by atoms with van der Waals surface area (Å²) in [5, 5.41) is 10.3. The number of benzene rings is 1. The van der Waals surface area contributed by atoms with Crippen molar-refractivity contribution in [3.05, 3.63) is 48.5 Å². The van der Waals surface area contributed by atoms with Crippen LogP contribution in [-0.4, -0.2) is 51.6 Å². The molecule has 0 spiro atoms. The molecule has 2 amide bonds. The first-order chi connectivity index (χ1) is 13.5. The minimum atomic E-state index is -0.318. The lowest BCUT2D eigenvalue weighted by Crippen LogP contribution is -2.45. The van der Waals surface area contributed by atoms with Gasteiger partial charge in [0.1, 0.15) is 23.8 Å². The fourth-order valence-corrected chi connectivity index (χ4v) is 3.75. The summed E-state index contributed by atoms with van der Waals surface area (Å²) in [6, 6.07) is 7.95. The van der Waals surface area contributed by atoms with Crippen molar-refractivity contribution in [1.82, 2.24) is 19.4 Å². The largest absolute Gasteiger partial charge is 0.409 e. The van der Waals surface area contributed by atoms with Crippen molar-refractivity contribution in [3.8, 4) is 5.75 Å². The quantitative estimate of drug-likeness (QED) is 0.543. The van der Waals surface area contributed by atoms with Gasteiger partial charge in [-0.2, -0.15) is 23.7 Å². The van der Waals surface area contributed by atoms with E-state index in [0.717, 1.165) is 12.8 Å². The molecular weight excluding hydrogens is 413 g/mol. The number of hydrogen-bond acceptors (Lipinski definition) is 6. The van der Waals surface area contributed by atoms with Gasteiger partial charge in [-0.15, -0.1) is 0 Å². The van der Waals surface area contributed by atoms with Crippen LogP contribution in [0.3, 0.4) is 0 Å². The van der Waals surface area contributed by atoms with Crippen LogP contribution in [0.2, 0.25) is 0 Å². The number of hydrogen-bond donors (Lipinski definition) is 1. The summed E-state index contributed by atoms with van der Waals surface area (Å²) in [7, 11) is 1.96. The molecule has 1 N–H and O–H groups in total. The average Bonchev–Trinajstić information content (AvgIpc) is 2.72. The predicted molar refractivity (Wildman–Crippen MR) is 118 cm³/mol. The van der Waals surface area contributed by atoms with Crippen LogP contribution >= 0.6 is 25.7 Å². The molecule has 1 aromatic carbocycles. The summed E-state index contributed by atoms with van der Waals surface area (Å²) in [6.45, 7) is 3.54. The Morgan fingerprint density at radius 1 is 1.34 bits per heavy atom. The van der Waals surface area contributed by atoms with Crippen LogP contribution in [0, 0.1) is 11.7 Å². The van der Waals surface area contributed by atoms with Crippen LogP contribution in [-0.2, 0) is 0 Å². The molecule has 1 unspecified atom stereocenters. The fraction of sp³-hybridized carbons (Fsp3) is 0.421. The summed E-state index contributed by atoms with van der Waals surface area (Å²) < 4.78 is 20.9. The van der Waals surface area contributed by atoms with E-state index in [4.69, 9.17) is 4.18 Å². The molecule has 1 atom stereocenters. The number of halogens is 1. The number of nitrogens with zero attached hydrogens (tertiary/aromatic N) is 4. The highest BCUT2D eigenvalue weighted by atomic mass is 32.2. The second-order valence-electron chi connectivity index (χ2n) is 6.79. The van der Waals surface area contributed by atoms with Gasteiger partial charge in [-0.1, -0.05) is 6.07 Å². The second kappa shape index (κ2) is 11.2. The highest BCUT2D eigenvalue weighted by Gasteiger charge is 2.29. The van der Waals surface area contributed by atoms with Crippen LogP contribution in [0.25, 0.3) is 0 Å². The molecule has 0 bridgehead atoms. The number of anilines is 1. The predicted octanol–water partition coefficient (Wildman–Crippen LogP) is 3.93. The minimum Gasteiger partial charge on any atom is -0.409 e. The molecule has 1 fully saturated rings. The van der Waals surface area contributed by atoms with Crippen molar-refractivity contribution in [2.75, 3.05) is 25.5 Å². The summed E-state index contributed by atoms with van der Waals surface area (Å²) in [6.07, 6.45) is 4.89. The summed E-state index contributed by atoms with van der Waals surface area (Å²) >= 11 is 1.21. The molecule has 10 heteroatoms. The van der Waals surface area contributed by atoms with Crippen LogP contribution in [0.1, 0.15) is 19.8 Å². The van der Waals surface area contributed by atoms with Gasteiger partial charge in [0, 0.05) is 32.2 Å². The normalized spacial score (nSPS) is 15.5. The standard InChI is InChI=1S/C19H24FN5O2S.H2S/c1-14(24(2)28-27-18-5-3-4-16(20)12-18)15-7-10-25(11-8-15)19(26)23-17-6-9-21-22-13-17;/h3-6,9,12-15H,7-8,10-11H2,1-2H3,(H,21,23,26);1H2. The lowest BCUT2D eigenvalue weighted by Gasteiger charge is -2.37. The second-order valence-corrected chi connectivity index (χ2v) is 7.68. The Balaban J connectivity index is 0.00000300. The molecule has 2 aromatic rings. The van der Waals surface area contributed by atoms with E-state index in [9.17, 15) is 9.18 Å². The first kappa shape index (κ1) is 23.2. The van der Waals surface area contributed by atoms with E-state index >= 15 is 0 Å². The van der Waals surface area contributed by atoms with E-state index in [1.807, 2.05) is 16.3 Å². The SMILES string of the molecule is CC(C1CCN(C(=O)Nc2ccnnc2)CC1)N(C)SOc1cccc(F)c1.S. The fourth-order valence-electron chi connectivity index (χ4n) is 3.14. The monoisotopic (exact) mass is 439 g/mol. The number of amides is 2. The van der Waals surface area contributed by atoms with Crippen LogP contribution in [0.15, 0.2) is 42.7 Å². The van der Waals surface area contributed by atoms with E-state index in [0.29, 0.717) is 30.4 Å². The van der Waals surface area contributed by atoms with Gasteiger partial charge in [0.05, 0.1) is 18.1 Å². The molecule has 0 saturated carbocycles. The first-order valence-corrected chi connectivity index (χ1v) is 9.88. The van der Waals surface area contributed by atoms with E-state index < -0.39 is 0 Å². The Kier molecular flexibility index (Phi) is 8.99. The zero-order valence-corrected chi connectivity index (χ0v) is 18.2. The van der Waals surface area contributed by atoms with E-state index in [2.05, 4.69) is 22.4 Å². The van der Waals surface area contributed by atoms with Gasteiger partial charge in [-0.25, -0.2) is 13.5 Å². The molecule has 1 aromatic heterocycles. The number of urea groups is 1. The summed E-state index contributed by atoms with van der Waals surface area (Å²) in [5.41, 5.74) is 0.640. The molecular formula is C19H26FN5O2S2. The third-order valence-corrected chi connectivity index (χ3v) is 5.80. The van der Waals surface area contributed by atoms with Gasteiger partial charge in [-0.3, -0.25) is 0 Å². The molecule has 29 heavy (non-hydrogen) atoms. The highest BCUT2D eigenvalue weighted by molar-refractivity contribution is 7.92. The van der Waals surface area contributed by atoms with Gasteiger partial charge >= 0.3 is 6.03 Å². The first-order valence-electron chi connectivity index (χ1n) is 9.18. The zero-order chi connectivity index (χ0) is 19.9. The van der Waals surface area contributed by atoms with Crippen LogP contribution in [0.4, 0.5) is 14.9 Å². The zero-order valence-electron chi connectivity index (χ0n) is 16.4. The average molecular weight is 440 g/mol. The summed E-state index contributed by atoms with van der Waals surface area (Å²) in [5.74, 6) is 0.614. The molecule has 7 nitrogen and oxygen atoms in total. The van der Waals surface area contributed by atoms with Crippen molar-refractivity contribution < 1.29 is 13.4 Å². The number of rotatable bonds is 6. The van der Waals surface area contributed by atoms with Crippen molar-refractivity contribution in [2.24, 2.45) is 5.92 Å². The number of likely N-dealkylation sites (tertiary alicyclic amines) is 1. The maximum atomic E-state index is 13.2. The topological polar surface area (TPSA) is 70.6 Å². The van der Waals surface area contributed by atoms with Crippen LogP contribution in [0.5, 0.6) is 5.75 Å². The Labute approximate surface area is 181 Å². The molecule has 1 aliphatic heterocycles. The minimum absolute atomic E-state index is 0. The third-order valence-electron chi connectivity index (χ3n) is 4.97. The molecule has 1 aliphatic rings. The number of aromatic nitrogens is 2. The van der Waals surface area contributed by atoms with Gasteiger partial charge in [0.15, 0.2) is 0 Å². The molecule has 0 radical (unpaired) electrons. The molecule has 3 rings (SSSR count). The van der Waals surface area contributed by atoms with Gasteiger partial charge in [-0.05, 0) is 43.9 Å². The highest BCUT2D eigenvalue weighted by Crippen LogP contribution is 2.28. The lowest BCUT2D eigenvalue weighted by molar-refractivity contribution is 0.157. The van der Waals surface area contributed by atoms with Crippen molar-refractivity contribution in [1.29, 1.82) is 0 Å². The lowest BCUT2D eigenvalue weighted by atomic mass is 9.90. The van der Waals surface area contributed by atoms with Gasteiger partial charge < -0.3 is 14.4 Å². The van der Waals surface area contributed by atoms with Crippen LogP contribution < -0.4 is 9.50 Å². The van der Waals surface area contributed by atoms with Crippen molar-refractivity contribution >= 4 is 37.4 Å². The van der Waals surface area contributed by atoms with Gasteiger partial charge in [0.25, 0.3) is 0 Å². The Morgan fingerprint density at radius 2 is 2.10 bits per heavy atom. The van der Waals surface area contributed by atoms with Gasteiger partial charge in [0.2, 0.25) is 0 Å². The van der Waals surface area contributed by atoms with E-state index in [-0.39, 0.29) is 31.4 Å². The van der Waals surface area contributed by atoms with E-state index in [1.165, 1.54) is 30.6 Å². The molecule has 1 saturated heterocycles. The molecule has 2 heterocycles. The third kappa shape index (κ3) is 6.76. The number of carbonyl (C=O) groups excluding carboxylic acids is 1. The van der Waals surface area contributed by atoms with E-state index in [1.54, 1.807) is 24.4 Å². The molecule has 0 aliphatic carbocycles. The summed E-state index contributed by atoms with van der Waals surface area (Å²) in [4.78, 5) is 14.2.